The number of aromatic nitrogens is 4. The molecule has 2 atom stereocenters. The number of ether oxygens (including phenoxy) is 1. The third-order valence-electron chi connectivity index (χ3n) is 6.34. The van der Waals surface area contributed by atoms with Crippen LogP contribution in [0.15, 0.2) is 60.0 Å². The number of sulfone groups is 1. The van der Waals surface area contributed by atoms with Gasteiger partial charge in [-0.15, -0.1) is 0 Å². The molecule has 9 nitrogen and oxygen atoms in total. The van der Waals surface area contributed by atoms with Gasteiger partial charge in [-0.3, -0.25) is 9.78 Å². The van der Waals surface area contributed by atoms with E-state index in [0.29, 0.717) is 34.1 Å². The molecule has 0 radical (unpaired) electrons. The van der Waals surface area contributed by atoms with Crippen LogP contribution in [0.5, 0.6) is 5.88 Å². The molecule has 3 heterocycles. The summed E-state index contributed by atoms with van der Waals surface area (Å²) >= 11 is 0. The molecule has 1 saturated carbocycles. The van der Waals surface area contributed by atoms with E-state index in [2.05, 4.69) is 20.4 Å². The number of benzene rings is 1. The Kier molecular flexibility index (Phi) is 5.32. The average Bonchev–Trinajstić information content (AvgIpc) is 3.28. The van der Waals surface area contributed by atoms with E-state index in [4.69, 9.17) is 4.74 Å². The van der Waals surface area contributed by atoms with Gasteiger partial charge in [-0.1, -0.05) is 6.92 Å². The highest BCUT2D eigenvalue weighted by molar-refractivity contribution is 7.90. The molecule has 1 aromatic carbocycles. The summed E-state index contributed by atoms with van der Waals surface area (Å²) in [5.41, 5.74) is 1.37. The van der Waals surface area contributed by atoms with Gasteiger partial charge in [0.15, 0.2) is 14.9 Å². The highest BCUT2D eigenvalue weighted by atomic mass is 32.2. The molecule has 1 aliphatic rings. The third kappa shape index (κ3) is 4.01. The Balaban J connectivity index is 1.52. The first-order valence-electron chi connectivity index (χ1n) is 10.8. The molecule has 1 amide bonds. The first-order valence-corrected chi connectivity index (χ1v) is 12.7. The molecule has 3 aromatic heterocycles. The van der Waals surface area contributed by atoms with Gasteiger partial charge in [0, 0.05) is 23.9 Å². The summed E-state index contributed by atoms with van der Waals surface area (Å²) in [5, 5.41) is 7.91. The molecule has 0 spiro atoms. The Labute approximate surface area is 200 Å². The molecule has 0 bridgehead atoms. The summed E-state index contributed by atoms with van der Waals surface area (Å²) in [6.07, 6.45) is 6.31. The first kappa shape index (κ1) is 22.9. The SMILES string of the molecule is COc1cc(C2(NC(=O)c3cncc4c3cnn4-c3ccc(F)cc3)C[C@H]2C)cc(S(C)(=O)=O)n1. The number of carbonyl (C=O) groups excluding carboxylic acids is 1. The predicted octanol–water partition coefficient (Wildman–Crippen LogP) is 3.03. The molecule has 11 heteroatoms. The van der Waals surface area contributed by atoms with Crippen molar-refractivity contribution in [1.29, 1.82) is 0 Å². The van der Waals surface area contributed by atoms with E-state index in [1.165, 1.54) is 31.5 Å². The molecule has 1 N–H and O–H groups in total. The van der Waals surface area contributed by atoms with Crippen molar-refractivity contribution < 1.29 is 22.3 Å². The lowest BCUT2D eigenvalue weighted by molar-refractivity contribution is 0.0928. The van der Waals surface area contributed by atoms with Gasteiger partial charge >= 0.3 is 0 Å². The molecular weight excluding hydrogens is 473 g/mol. The number of nitrogens with zero attached hydrogens (tertiary/aromatic N) is 4. The van der Waals surface area contributed by atoms with E-state index in [-0.39, 0.29) is 28.5 Å². The second kappa shape index (κ2) is 8.12. The van der Waals surface area contributed by atoms with Crippen molar-refractivity contribution in [3.8, 4) is 11.6 Å². The van der Waals surface area contributed by atoms with Crippen molar-refractivity contribution in [3.05, 3.63) is 71.9 Å². The summed E-state index contributed by atoms with van der Waals surface area (Å²) < 4.78 is 44.5. The zero-order chi connectivity index (χ0) is 25.0. The molecule has 0 aliphatic heterocycles. The Hall–Kier alpha value is -3.86. The van der Waals surface area contributed by atoms with Crippen LogP contribution in [0.3, 0.4) is 0 Å². The second-order valence-corrected chi connectivity index (χ2v) is 10.7. The molecule has 35 heavy (non-hydrogen) atoms. The second-order valence-electron chi connectivity index (χ2n) is 8.69. The van der Waals surface area contributed by atoms with E-state index >= 15 is 0 Å². The minimum atomic E-state index is -3.59. The van der Waals surface area contributed by atoms with Crippen molar-refractivity contribution in [3.63, 3.8) is 0 Å². The largest absolute Gasteiger partial charge is 0.481 e. The smallest absolute Gasteiger partial charge is 0.254 e. The highest BCUT2D eigenvalue weighted by Crippen LogP contribution is 2.52. The topological polar surface area (TPSA) is 116 Å². The predicted molar refractivity (Wildman–Crippen MR) is 126 cm³/mol. The molecule has 1 unspecified atom stereocenters. The number of fused-ring (bicyclic) bond motifs is 1. The Morgan fingerprint density at radius 1 is 1.20 bits per heavy atom. The number of hydrogen-bond acceptors (Lipinski definition) is 7. The van der Waals surface area contributed by atoms with Crippen molar-refractivity contribution in [2.24, 2.45) is 5.92 Å². The minimum absolute atomic E-state index is 0.0556. The molecule has 4 aromatic rings. The van der Waals surface area contributed by atoms with E-state index in [0.717, 1.165) is 6.26 Å². The summed E-state index contributed by atoms with van der Waals surface area (Å²) in [7, 11) is -2.18. The van der Waals surface area contributed by atoms with Gasteiger partial charge in [-0.2, -0.15) is 5.10 Å². The summed E-state index contributed by atoms with van der Waals surface area (Å²) in [5.74, 6) is -0.526. The van der Waals surface area contributed by atoms with Crippen LogP contribution >= 0.6 is 0 Å². The van der Waals surface area contributed by atoms with Crippen LogP contribution in [0.1, 0.15) is 29.3 Å². The Morgan fingerprint density at radius 3 is 2.54 bits per heavy atom. The van der Waals surface area contributed by atoms with Crippen molar-refractivity contribution in [1.82, 2.24) is 25.1 Å². The van der Waals surface area contributed by atoms with Crippen LogP contribution in [0.2, 0.25) is 0 Å². The minimum Gasteiger partial charge on any atom is -0.481 e. The fraction of sp³-hybridized carbons (Fsp3) is 0.250. The van der Waals surface area contributed by atoms with E-state index in [9.17, 15) is 17.6 Å². The van der Waals surface area contributed by atoms with Gasteiger partial charge in [0.25, 0.3) is 5.91 Å². The summed E-state index contributed by atoms with van der Waals surface area (Å²) in [6.45, 7) is 1.97. The summed E-state index contributed by atoms with van der Waals surface area (Å²) in [6, 6.07) is 8.96. The van der Waals surface area contributed by atoms with Crippen LogP contribution in [0, 0.1) is 11.7 Å². The quantitative estimate of drug-likeness (QED) is 0.437. The van der Waals surface area contributed by atoms with Crippen molar-refractivity contribution >= 4 is 26.6 Å². The monoisotopic (exact) mass is 495 g/mol. The lowest BCUT2D eigenvalue weighted by Gasteiger charge is -2.21. The van der Waals surface area contributed by atoms with Crippen LogP contribution in [-0.4, -0.2) is 47.4 Å². The third-order valence-corrected chi connectivity index (χ3v) is 7.31. The molecule has 5 rings (SSSR count). The normalized spacial score (nSPS) is 19.5. The van der Waals surface area contributed by atoms with Gasteiger partial charge in [0.05, 0.1) is 41.8 Å². The van der Waals surface area contributed by atoms with E-state index < -0.39 is 15.4 Å². The number of rotatable bonds is 6. The van der Waals surface area contributed by atoms with Crippen LogP contribution in [0.4, 0.5) is 4.39 Å². The number of halogens is 1. The molecule has 1 fully saturated rings. The first-order chi connectivity index (χ1) is 16.6. The Bertz CT molecular complexity index is 1570. The number of nitrogens with one attached hydrogen (secondary N) is 1. The lowest BCUT2D eigenvalue weighted by atomic mass is 10.0. The van der Waals surface area contributed by atoms with Crippen molar-refractivity contribution in [2.75, 3.05) is 13.4 Å². The van der Waals surface area contributed by atoms with E-state index in [1.807, 2.05) is 6.92 Å². The maximum absolute atomic E-state index is 13.5. The summed E-state index contributed by atoms with van der Waals surface area (Å²) in [4.78, 5) is 21.7. The number of carbonyl (C=O) groups is 1. The van der Waals surface area contributed by atoms with Crippen LogP contribution < -0.4 is 10.1 Å². The molecule has 180 valence electrons. The highest BCUT2D eigenvalue weighted by Gasteiger charge is 2.54. The van der Waals surface area contributed by atoms with Gasteiger partial charge in [-0.05, 0) is 48.2 Å². The molecule has 0 saturated heterocycles. The maximum Gasteiger partial charge on any atom is 0.254 e. The van der Waals surface area contributed by atoms with Crippen molar-refractivity contribution in [2.45, 2.75) is 23.9 Å². The van der Waals surface area contributed by atoms with E-state index in [1.54, 1.807) is 35.3 Å². The zero-order valence-corrected chi connectivity index (χ0v) is 20.0. The zero-order valence-electron chi connectivity index (χ0n) is 19.2. The van der Waals surface area contributed by atoms with Crippen LogP contribution in [-0.2, 0) is 15.4 Å². The van der Waals surface area contributed by atoms with Crippen LogP contribution in [0.25, 0.3) is 16.6 Å². The van der Waals surface area contributed by atoms with Gasteiger partial charge in [-0.25, -0.2) is 22.5 Å². The Morgan fingerprint density at radius 2 is 1.91 bits per heavy atom. The number of methoxy groups -OCH3 is 1. The molecular formula is C24H22FN5O4S. The van der Waals surface area contributed by atoms with Gasteiger partial charge in [0.2, 0.25) is 5.88 Å². The number of amides is 1. The number of hydrogen-bond donors (Lipinski definition) is 1. The van der Waals surface area contributed by atoms with Gasteiger partial charge in [0.1, 0.15) is 5.82 Å². The van der Waals surface area contributed by atoms with Gasteiger partial charge < -0.3 is 10.1 Å². The maximum atomic E-state index is 13.5. The molecule has 1 aliphatic carbocycles. The average molecular weight is 496 g/mol. The lowest BCUT2D eigenvalue weighted by Crippen LogP contribution is -2.36. The fourth-order valence-electron chi connectivity index (χ4n) is 4.29. The fourth-order valence-corrected chi connectivity index (χ4v) is 4.88. The standard InChI is InChI=1S/C24H22FN5O4S/c1-14-10-24(14,15-8-21(34-2)28-22(9-15)35(3,32)33)29-23(31)19-11-26-13-20-18(19)12-27-30(20)17-6-4-16(25)5-7-17/h4-9,11-14H,10H2,1-3H3,(H,29,31)/t14-,24?/m1/s1. The number of pyridine rings is 2.